The summed E-state index contributed by atoms with van der Waals surface area (Å²) >= 11 is 0. The SMILES string of the molecule is Cc1ccc(OCC2CCN(C(=O)C3CCC(F)(F)CC3)CC2)nn1. The Balaban J connectivity index is 1.41. The number of aromatic nitrogens is 2. The lowest BCUT2D eigenvalue weighted by Gasteiger charge is -2.36. The monoisotopic (exact) mass is 353 g/mol. The summed E-state index contributed by atoms with van der Waals surface area (Å²) in [4.78, 5) is 14.4. The molecule has 1 amide bonds. The Labute approximate surface area is 146 Å². The van der Waals surface area contributed by atoms with Gasteiger partial charge >= 0.3 is 0 Å². The van der Waals surface area contributed by atoms with Crippen molar-refractivity contribution in [2.75, 3.05) is 19.7 Å². The van der Waals surface area contributed by atoms with E-state index in [0.29, 0.717) is 44.3 Å². The van der Waals surface area contributed by atoms with E-state index in [1.165, 1.54) is 0 Å². The number of aryl methyl sites for hydroxylation is 1. The van der Waals surface area contributed by atoms with Crippen LogP contribution in [0.3, 0.4) is 0 Å². The van der Waals surface area contributed by atoms with Crippen LogP contribution < -0.4 is 4.74 Å². The van der Waals surface area contributed by atoms with E-state index in [-0.39, 0.29) is 24.7 Å². The zero-order valence-electron chi connectivity index (χ0n) is 14.6. The van der Waals surface area contributed by atoms with Crippen LogP contribution in [0.25, 0.3) is 0 Å². The van der Waals surface area contributed by atoms with Gasteiger partial charge in [-0.25, -0.2) is 8.78 Å². The summed E-state index contributed by atoms with van der Waals surface area (Å²) in [6.07, 6.45) is 2.03. The number of likely N-dealkylation sites (tertiary alicyclic amines) is 1. The molecule has 1 saturated heterocycles. The van der Waals surface area contributed by atoms with Gasteiger partial charge in [-0.05, 0) is 44.6 Å². The number of carbonyl (C=O) groups is 1. The first kappa shape index (κ1) is 18.0. The molecule has 0 N–H and O–H groups in total. The first-order chi connectivity index (χ1) is 11.9. The molecule has 0 aromatic carbocycles. The third-order valence-corrected chi connectivity index (χ3v) is 5.23. The minimum Gasteiger partial charge on any atom is -0.476 e. The number of nitrogens with zero attached hydrogens (tertiary/aromatic N) is 3. The third-order valence-electron chi connectivity index (χ3n) is 5.23. The highest BCUT2D eigenvalue weighted by Gasteiger charge is 2.39. The van der Waals surface area contributed by atoms with E-state index >= 15 is 0 Å². The van der Waals surface area contributed by atoms with Crippen LogP contribution in [0.15, 0.2) is 12.1 Å². The number of carbonyl (C=O) groups excluding carboxylic acids is 1. The number of halogens is 2. The van der Waals surface area contributed by atoms with Gasteiger partial charge in [-0.1, -0.05) is 0 Å². The molecule has 138 valence electrons. The van der Waals surface area contributed by atoms with Gasteiger partial charge in [0.25, 0.3) is 0 Å². The van der Waals surface area contributed by atoms with Crippen molar-refractivity contribution in [2.45, 2.75) is 51.4 Å². The second-order valence-corrected chi connectivity index (χ2v) is 7.22. The number of alkyl halides is 2. The summed E-state index contributed by atoms with van der Waals surface area (Å²) < 4.78 is 32.1. The van der Waals surface area contributed by atoms with Crippen molar-refractivity contribution in [3.05, 3.63) is 17.8 Å². The van der Waals surface area contributed by atoms with E-state index < -0.39 is 5.92 Å². The third kappa shape index (κ3) is 4.86. The highest BCUT2D eigenvalue weighted by atomic mass is 19.3. The summed E-state index contributed by atoms with van der Waals surface area (Å²) in [7, 11) is 0. The van der Waals surface area contributed by atoms with Crippen molar-refractivity contribution >= 4 is 5.91 Å². The van der Waals surface area contributed by atoms with E-state index in [1.54, 1.807) is 6.07 Å². The fourth-order valence-corrected chi connectivity index (χ4v) is 3.53. The Bertz CT molecular complexity index is 576. The van der Waals surface area contributed by atoms with Crippen LogP contribution >= 0.6 is 0 Å². The second-order valence-electron chi connectivity index (χ2n) is 7.22. The maximum Gasteiger partial charge on any atom is 0.248 e. The Morgan fingerprint density at radius 3 is 2.48 bits per heavy atom. The summed E-state index contributed by atoms with van der Waals surface area (Å²) in [5.41, 5.74) is 0.847. The fraction of sp³-hybridized carbons (Fsp3) is 0.722. The molecule has 0 unspecified atom stereocenters. The number of rotatable bonds is 4. The Morgan fingerprint density at radius 1 is 1.20 bits per heavy atom. The number of hydrogen-bond donors (Lipinski definition) is 0. The van der Waals surface area contributed by atoms with Crippen LogP contribution in [0.4, 0.5) is 8.78 Å². The molecule has 1 aromatic rings. The molecule has 0 radical (unpaired) electrons. The lowest BCUT2D eigenvalue weighted by Crippen LogP contribution is -2.44. The molecule has 2 aliphatic rings. The number of ether oxygens (including phenoxy) is 1. The summed E-state index contributed by atoms with van der Waals surface area (Å²) in [6, 6.07) is 3.66. The Morgan fingerprint density at radius 2 is 1.88 bits per heavy atom. The zero-order chi connectivity index (χ0) is 17.9. The first-order valence-corrected chi connectivity index (χ1v) is 9.03. The molecule has 2 fully saturated rings. The highest BCUT2D eigenvalue weighted by Crippen LogP contribution is 2.37. The number of hydrogen-bond acceptors (Lipinski definition) is 4. The average Bonchev–Trinajstić information content (AvgIpc) is 2.61. The minimum absolute atomic E-state index is 0.0549. The van der Waals surface area contributed by atoms with Crippen LogP contribution in [-0.2, 0) is 4.79 Å². The highest BCUT2D eigenvalue weighted by molar-refractivity contribution is 5.79. The Kier molecular flexibility index (Phi) is 5.49. The van der Waals surface area contributed by atoms with Crippen LogP contribution in [0, 0.1) is 18.8 Å². The van der Waals surface area contributed by atoms with Crippen LogP contribution in [0.5, 0.6) is 5.88 Å². The quantitative estimate of drug-likeness (QED) is 0.834. The van der Waals surface area contributed by atoms with E-state index in [9.17, 15) is 13.6 Å². The lowest BCUT2D eigenvalue weighted by molar-refractivity contribution is -0.141. The molecular weight excluding hydrogens is 328 g/mol. The number of piperidine rings is 1. The molecule has 5 nitrogen and oxygen atoms in total. The molecule has 0 atom stereocenters. The van der Waals surface area contributed by atoms with Crippen molar-refractivity contribution in [1.82, 2.24) is 15.1 Å². The predicted molar refractivity (Wildman–Crippen MR) is 88.5 cm³/mol. The van der Waals surface area contributed by atoms with Crippen molar-refractivity contribution in [3.63, 3.8) is 0 Å². The molecular formula is C18H25F2N3O2. The van der Waals surface area contributed by atoms with Gasteiger partial charge in [-0.15, -0.1) is 5.10 Å². The molecule has 1 saturated carbocycles. The van der Waals surface area contributed by atoms with E-state index in [0.717, 1.165) is 18.5 Å². The summed E-state index contributed by atoms with van der Waals surface area (Å²) in [5.74, 6) is -1.86. The topological polar surface area (TPSA) is 55.3 Å². The van der Waals surface area contributed by atoms with E-state index in [4.69, 9.17) is 4.74 Å². The maximum absolute atomic E-state index is 13.2. The fourth-order valence-electron chi connectivity index (χ4n) is 3.53. The standard InChI is InChI=1S/C18H25F2N3O2/c1-13-2-3-16(22-21-13)25-12-14-6-10-23(11-7-14)17(24)15-4-8-18(19,20)9-5-15/h2-3,14-15H,4-12H2,1H3. The van der Waals surface area contributed by atoms with Gasteiger partial charge in [0.2, 0.25) is 17.7 Å². The molecule has 1 aliphatic heterocycles. The molecule has 3 rings (SSSR count). The second kappa shape index (κ2) is 7.62. The van der Waals surface area contributed by atoms with Crippen LogP contribution in [0.2, 0.25) is 0 Å². The van der Waals surface area contributed by atoms with Gasteiger partial charge in [0.1, 0.15) is 0 Å². The molecule has 1 aliphatic carbocycles. The van der Waals surface area contributed by atoms with Crippen molar-refractivity contribution in [1.29, 1.82) is 0 Å². The van der Waals surface area contributed by atoms with Gasteiger partial charge in [0.05, 0.1) is 12.3 Å². The normalized spacial score (nSPS) is 22.0. The minimum atomic E-state index is -2.58. The lowest BCUT2D eigenvalue weighted by atomic mass is 9.85. The molecule has 0 bridgehead atoms. The molecule has 25 heavy (non-hydrogen) atoms. The smallest absolute Gasteiger partial charge is 0.248 e. The van der Waals surface area contributed by atoms with Gasteiger partial charge < -0.3 is 9.64 Å². The van der Waals surface area contributed by atoms with Gasteiger partial charge in [-0.3, -0.25) is 4.79 Å². The molecule has 2 heterocycles. The van der Waals surface area contributed by atoms with Crippen molar-refractivity contribution in [2.24, 2.45) is 11.8 Å². The largest absolute Gasteiger partial charge is 0.476 e. The zero-order valence-corrected chi connectivity index (χ0v) is 14.6. The number of amides is 1. The molecule has 1 aromatic heterocycles. The summed E-state index contributed by atoms with van der Waals surface area (Å²) in [6.45, 7) is 3.80. The van der Waals surface area contributed by atoms with Crippen LogP contribution in [-0.4, -0.2) is 46.6 Å². The maximum atomic E-state index is 13.2. The first-order valence-electron chi connectivity index (χ1n) is 9.03. The van der Waals surface area contributed by atoms with Crippen molar-refractivity contribution < 1.29 is 18.3 Å². The summed E-state index contributed by atoms with van der Waals surface area (Å²) in [5, 5.41) is 7.94. The predicted octanol–water partition coefficient (Wildman–Crippen LogP) is 3.23. The van der Waals surface area contributed by atoms with E-state index in [2.05, 4.69) is 10.2 Å². The van der Waals surface area contributed by atoms with Crippen LogP contribution in [0.1, 0.15) is 44.2 Å². The van der Waals surface area contributed by atoms with Gasteiger partial charge in [0.15, 0.2) is 0 Å². The van der Waals surface area contributed by atoms with Gasteiger partial charge in [-0.2, -0.15) is 5.10 Å². The van der Waals surface area contributed by atoms with Crippen molar-refractivity contribution in [3.8, 4) is 5.88 Å². The average molecular weight is 353 g/mol. The molecule has 7 heteroatoms. The molecule has 0 spiro atoms. The van der Waals surface area contributed by atoms with E-state index in [1.807, 2.05) is 17.9 Å². The van der Waals surface area contributed by atoms with Gasteiger partial charge in [0, 0.05) is 37.9 Å². The Hall–Kier alpha value is -1.79.